The van der Waals surface area contributed by atoms with Gasteiger partial charge in [-0.25, -0.2) is 0 Å². The van der Waals surface area contributed by atoms with Gasteiger partial charge in [0.15, 0.2) is 0 Å². The Morgan fingerprint density at radius 1 is 1.00 bits per heavy atom. The van der Waals surface area contributed by atoms with E-state index in [1.165, 1.54) is 6.42 Å². The quantitative estimate of drug-likeness (QED) is 0.116. The van der Waals surface area contributed by atoms with E-state index in [1.807, 2.05) is 12.2 Å². The molecule has 178 valence electrons. The van der Waals surface area contributed by atoms with Crippen molar-refractivity contribution in [2.24, 2.45) is 5.73 Å². The van der Waals surface area contributed by atoms with Gasteiger partial charge in [-0.2, -0.15) is 12.6 Å². The second-order valence-electron chi connectivity index (χ2n) is 7.41. The van der Waals surface area contributed by atoms with Crippen LogP contribution in [0, 0.1) is 0 Å². The van der Waals surface area contributed by atoms with Crippen molar-refractivity contribution in [1.82, 2.24) is 0 Å². The number of aliphatic carboxylic acids is 1. The molecule has 0 bridgehead atoms. The molecule has 0 aliphatic heterocycles. The number of carbonyl (C=O) groups excluding carboxylic acids is 1. The van der Waals surface area contributed by atoms with Crippen molar-refractivity contribution in [3.63, 3.8) is 0 Å². The van der Waals surface area contributed by atoms with Crippen molar-refractivity contribution in [2.45, 2.75) is 88.2 Å². The fourth-order valence-corrected chi connectivity index (χ4v) is 3.84. The van der Waals surface area contributed by atoms with Crippen LogP contribution in [-0.2, 0) is 9.59 Å². The topological polar surface area (TPSA) is 121 Å². The van der Waals surface area contributed by atoms with Crippen LogP contribution >= 0.6 is 24.4 Å². The molecule has 0 radical (unpaired) electrons. The van der Waals surface area contributed by atoms with Crippen molar-refractivity contribution in [2.75, 3.05) is 5.75 Å². The molecule has 0 aromatic carbocycles. The number of aliphatic hydroxyl groups excluding tert-OH is 2. The third-order valence-corrected chi connectivity index (χ3v) is 6.15. The second kappa shape index (κ2) is 19.6. The van der Waals surface area contributed by atoms with Crippen LogP contribution in [0.4, 0.5) is 0 Å². The number of rotatable bonds is 18. The monoisotopic (exact) mass is 473 g/mol. The number of thiol groups is 1. The maximum Gasteiger partial charge on any atom is 0.303 e. The van der Waals surface area contributed by atoms with Crippen molar-refractivity contribution < 1.29 is 24.9 Å². The lowest BCUT2D eigenvalue weighted by Gasteiger charge is -2.19. The van der Waals surface area contributed by atoms with Crippen LogP contribution in [0.1, 0.15) is 64.7 Å². The SMILES string of the molecule is CCCCC/C=C\C[C@@H](O)[C@H](/C=C/C(O)C/C=C\CCCC(=O)O)SC(=O)[C@@H](N)CS. The number of hydrogen-bond donors (Lipinski definition) is 5. The first kappa shape index (κ1) is 29.9. The number of thioether (sulfide) groups is 1. The molecule has 31 heavy (non-hydrogen) atoms. The highest BCUT2D eigenvalue weighted by Gasteiger charge is 2.23. The van der Waals surface area contributed by atoms with E-state index in [1.54, 1.807) is 18.2 Å². The molecule has 0 amide bonds. The van der Waals surface area contributed by atoms with Gasteiger partial charge in [-0.3, -0.25) is 9.59 Å². The molecule has 0 spiro atoms. The van der Waals surface area contributed by atoms with Gasteiger partial charge in [0.2, 0.25) is 5.12 Å². The van der Waals surface area contributed by atoms with Gasteiger partial charge in [0.1, 0.15) is 0 Å². The van der Waals surface area contributed by atoms with E-state index in [2.05, 4.69) is 25.6 Å². The minimum absolute atomic E-state index is 0.124. The lowest BCUT2D eigenvalue weighted by molar-refractivity contribution is -0.137. The number of carbonyl (C=O) groups is 2. The lowest BCUT2D eigenvalue weighted by Crippen LogP contribution is -2.33. The first-order valence-corrected chi connectivity index (χ1v) is 12.5. The Balaban J connectivity index is 4.74. The summed E-state index contributed by atoms with van der Waals surface area (Å²) >= 11 is 5.02. The van der Waals surface area contributed by atoms with Gasteiger partial charge in [-0.1, -0.05) is 68.0 Å². The molecule has 0 fully saturated rings. The number of aliphatic hydroxyl groups is 2. The highest BCUT2D eigenvalue weighted by Crippen LogP contribution is 2.22. The Morgan fingerprint density at radius 2 is 1.65 bits per heavy atom. The summed E-state index contributed by atoms with van der Waals surface area (Å²) in [5, 5.41) is 28.6. The minimum atomic E-state index is -0.818. The van der Waals surface area contributed by atoms with E-state index in [0.29, 0.717) is 25.7 Å². The average molecular weight is 474 g/mol. The summed E-state index contributed by atoms with van der Waals surface area (Å²) in [4.78, 5) is 22.7. The first-order chi connectivity index (χ1) is 14.8. The summed E-state index contributed by atoms with van der Waals surface area (Å²) in [6, 6.07) is -0.709. The molecule has 0 aliphatic rings. The summed E-state index contributed by atoms with van der Waals surface area (Å²) in [6.07, 6.45) is 15.9. The Labute approximate surface area is 196 Å². The normalized spacial score (nSPS) is 16.2. The fraction of sp³-hybridized carbons (Fsp3) is 0.652. The summed E-state index contributed by atoms with van der Waals surface area (Å²) < 4.78 is 0. The Hall–Kier alpha value is -1.06. The predicted octanol–water partition coefficient (Wildman–Crippen LogP) is 3.88. The zero-order chi connectivity index (χ0) is 23.5. The first-order valence-electron chi connectivity index (χ1n) is 10.9. The van der Waals surface area contributed by atoms with E-state index in [4.69, 9.17) is 10.8 Å². The molecule has 6 nitrogen and oxygen atoms in total. The smallest absolute Gasteiger partial charge is 0.303 e. The number of carboxylic acids is 1. The Morgan fingerprint density at radius 3 is 2.26 bits per heavy atom. The summed E-state index contributed by atoms with van der Waals surface area (Å²) in [6.45, 7) is 2.15. The van der Waals surface area contributed by atoms with Gasteiger partial charge in [-0.05, 0) is 38.5 Å². The van der Waals surface area contributed by atoms with Gasteiger partial charge in [-0.15, -0.1) is 0 Å². The molecule has 5 N–H and O–H groups in total. The van der Waals surface area contributed by atoms with Gasteiger partial charge >= 0.3 is 5.97 Å². The maximum atomic E-state index is 12.2. The third kappa shape index (κ3) is 17.2. The highest BCUT2D eigenvalue weighted by atomic mass is 32.2. The number of carboxylic acid groups (broad SMARTS) is 1. The average Bonchev–Trinajstić information content (AvgIpc) is 2.74. The van der Waals surface area contributed by atoms with Gasteiger partial charge in [0.25, 0.3) is 0 Å². The van der Waals surface area contributed by atoms with Crippen LogP contribution < -0.4 is 5.73 Å². The van der Waals surface area contributed by atoms with E-state index in [0.717, 1.165) is 31.0 Å². The number of hydrogen-bond acceptors (Lipinski definition) is 7. The van der Waals surface area contributed by atoms with Crippen molar-refractivity contribution in [1.29, 1.82) is 0 Å². The molecule has 0 rings (SSSR count). The molecular formula is C23H39NO5S2. The molecule has 0 aromatic heterocycles. The van der Waals surface area contributed by atoms with Crippen LogP contribution in [0.25, 0.3) is 0 Å². The minimum Gasteiger partial charge on any atom is -0.481 e. The van der Waals surface area contributed by atoms with Crippen molar-refractivity contribution in [3.8, 4) is 0 Å². The molecule has 1 unspecified atom stereocenters. The highest BCUT2D eigenvalue weighted by molar-refractivity contribution is 8.14. The van der Waals surface area contributed by atoms with Crippen molar-refractivity contribution >= 4 is 35.5 Å². The Kier molecular flexibility index (Phi) is 18.9. The Bertz CT molecular complexity index is 580. The molecule has 0 saturated carbocycles. The van der Waals surface area contributed by atoms with E-state index < -0.39 is 29.5 Å². The molecule has 0 aliphatic carbocycles. The number of allylic oxidation sites excluding steroid dienone is 2. The van der Waals surface area contributed by atoms with Crippen LogP contribution in [0.15, 0.2) is 36.5 Å². The molecule has 0 aromatic rings. The molecule has 0 saturated heterocycles. The predicted molar refractivity (Wildman–Crippen MR) is 133 cm³/mol. The van der Waals surface area contributed by atoms with Crippen LogP contribution in [-0.4, -0.2) is 55.7 Å². The second-order valence-corrected chi connectivity index (χ2v) is 8.95. The summed E-state index contributed by atoms with van der Waals surface area (Å²) in [5.41, 5.74) is 5.75. The largest absolute Gasteiger partial charge is 0.481 e. The standard InChI is InChI=1S/C23H39NO5S2/c1-2-3-4-5-6-10-13-20(26)21(31-23(29)19(24)17-30)16-15-18(25)12-9-7-8-11-14-22(27)28/h6-7,9-10,15-16,18-21,25-26,30H,2-5,8,11-14,17,24H2,1H3,(H,27,28)/b9-7-,10-6-,16-15+/t18?,19-,20+,21-/m0/s1. The van der Waals surface area contributed by atoms with E-state index in [-0.39, 0.29) is 17.3 Å². The molecule has 0 heterocycles. The molecule has 4 atom stereocenters. The van der Waals surface area contributed by atoms with E-state index >= 15 is 0 Å². The maximum absolute atomic E-state index is 12.2. The number of nitrogens with two attached hydrogens (primary N) is 1. The van der Waals surface area contributed by atoms with Crippen LogP contribution in [0.2, 0.25) is 0 Å². The number of unbranched alkanes of at least 4 members (excludes halogenated alkanes) is 4. The van der Waals surface area contributed by atoms with Gasteiger partial charge in [0.05, 0.1) is 23.5 Å². The van der Waals surface area contributed by atoms with Gasteiger partial charge < -0.3 is 21.1 Å². The van der Waals surface area contributed by atoms with Gasteiger partial charge in [0, 0.05) is 12.2 Å². The van der Waals surface area contributed by atoms with Crippen LogP contribution in [0.5, 0.6) is 0 Å². The van der Waals surface area contributed by atoms with Crippen LogP contribution in [0.3, 0.4) is 0 Å². The third-order valence-electron chi connectivity index (χ3n) is 4.48. The summed E-state index contributed by atoms with van der Waals surface area (Å²) in [7, 11) is 0. The van der Waals surface area contributed by atoms with Crippen molar-refractivity contribution in [3.05, 3.63) is 36.5 Å². The lowest BCUT2D eigenvalue weighted by atomic mass is 10.1. The summed E-state index contributed by atoms with van der Waals surface area (Å²) in [5.74, 6) is -0.591. The molecular weight excluding hydrogens is 434 g/mol. The zero-order valence-corrected chi connectivity index (χ0v) is 20.1. The fourth-order valence-electron chi connectivity index (χ4n) is 2.58. The molecule has 8 heteroatoms. The van der Waals surface area contributed by atoms with E-state index in [9.17, 15) is 19.8 Å². The zero-order valence-electron chi connectivity index (χ0n) is 18.4.